The van der Waals surface area contributed by atoms with Crippen LogP contribution in [0, 0.1) is 0 Å². The molecule has 0 aliphatic rings. The van der Waals surface area contributed by atoms with Gasteiger partial charge in [0, 0.05) is 51.4 Å². The quantitative estimate of drug-likeness (QED) is 0.314. The average Bonchev–Trinajstić information content (AvgIpc) is 1.87. The molecule has 1 radical (unpaired) electrons. The SMILES string of the molecule is COC(=O)CC(=O)OC.[K]. The molecule has 0 spiro atoms. The van der Waals surface area contributed by atoms with Gasteiger partial charge >= 0.3 is 11.9 Å². The van der Waals surface area contributed by atoms with Gasteiger partial charge in [-0.15, -0.1) is 0 Å². The minimum atomic E-state index is -0.582. The van der Waals surface area contributed by atoms with E-state index in [0.29, 0.717) is 0 Å². The van der Waals surface area contributed by atoms with Crippen LogP contribution in [0.3, 0.4) is 0 Å². The zero-order valence-corrected chi connectivity index (χ0v) is 9.46. The summed E-state index contributed by atoms with van der Waals surface area (Å²) in [6.45, 7) is 0. The first-order valence-electron chi connectivity index (χ1n) is 2.34. The molecule has 0 heterocycles. The second kappa shape index (κ2) is 7.68. The molecule has 0 bridgehead atoms. The Balaban J connectivity index is 0. The second-order valence-electron chi connectivity index (χ2n) is 1.33. The van der Waals surface area contributed by atoms with E-state index in [1.807, 2.05) is 0 Å². The molecule has 0 atom stereocenters. The third-order valence-corrected chi connectivity index (χ3v) is 0.744. The predicted molar refractivity (Wildman–Crippen MR) is 34.4 cm³/mol. The molecule has 0 aromatic heterocycles. The van der Waals surface area contributed by atoms with Gasteiger partial charge in [0.25, 0.3) is 0 Å². The van der Waals surface area contributed by atoms with Crippen LogP contribution in [0.1, 0.15) is 6.42 Å². The van der Waals surface area contributed by atoms with Gasteiger partial charge in [0.2, 0.25) is 0 Å². The topological polar surface area (TPSA) is 52.6 Å². The van der Waals surface area contributed by atoms with Gasteiger partial charge in [0.05, 0.1) is 14.2 Å². The Morgan fingerprint density at radius 1 is 1.10 bits per heavy atom. The maximum atomic E-state index is 10.3. The number of ether oxygens (including phenoxy) is 2. The van der Waals surface area contributed by atoms with Crippen LogP contribution in [0.4, 0.5) is 0 Å². The van der Waals surface area contributed by atoms with Crippen LogP contribution >= 0.6 is 0 Å². The Morgan fingerprint density at radius 3 is 1.60 bits per heavy atom. The third-order valence-electron chi connectivity index (χ3n) is 0.744. The Kier molecular flexibility index (Phi) is 10.1. The first kappa shape index (κ1) is 13.2. The van der Waals surface area contributed by atoms with Crippen molar-refractivity contribution in [3.05, 3.63) is 0 Å². The zero-order chi connectivity index (χ0) is 7.28. The Morgan fingerprint density at radius 2 is 1.40 bits per heavy atom. The van der Waals surface area contributed by atoms with Crippen molar-refractivity contribution in [2.24, 2.45) is 0 Å². The number of esters is 2. The van der Waals surface area contributed by atoms with Crippen molar-refractivity contribution in [3.63, 3.8) is 0 Å². The maximum Gasteiger partial charge on any atom is 0.316 e. The van der Waals surface area contributed by atoms with Gasteiger partial charge in [-0.1, -0.05) is 0 Å². The van der Waals surface area contributed by atoms with Crippen LogP contribution in [-0.4, -0.2) is 77.5 Å². The predicted octanol–water partition coefficient (Wildman–Crippen LogP) is -0.658. The van der Waals surface area contributed by atoms with Gasteiger partial charge in [-0.3, -0.25) is 9.59 Å². The molecule has 4 nitrogen and oxygen atoms in total. The van der Waals surface area contributed by atoms with E-state index in [0.717, 1.165) is 0 Å². The summed E-state index contributed by atoms with van der Waals surface area (Å²) >= 11 is 0. The van der Waals surface area contributed by atoms with Crippen LogP contribution in [0.2, 0.25) is 0 Å². The van der Waals surface area contributed by atoms with Crippen LogP contribution in [-0.2, 0) is 19.1 Å². The largest absolute Gasteiger partial charge is 0.469 e. The first-order valence-corrected chi connectivity index (χ1v) is 2.34. The minimum absolute atomic E-state index is 0. The molecule has 0 aliphatic carbocycles. The molecular formula is C5H8KO4. The fourth-order valence-corrected chi connectivity index (χ4v) is 0.262. The van der Waals surface area contributed by atoms with E-state index in [-0.39, 0.29) is 57.8 Å². The minimum Gasteiger partial charge on any atom is -0.469 e. The van der Waals surface area contributed by atoms with Gasteiger partial charge in [0.15, 0.2) is 0 Å². The number of carbonyl (C=O) groups is 2. The van der Waals surface area contributed by atoms with Gasteiger partial charge < -0.3 is 9.47 Å². The summed E-state index contributed by atoms with van der Waals surface area (Å²) in [6, 6.07) is 0. The van der Waals surface area contributed by atoms with E-state index in [1.165, 1.54) is 14.2 Å². The average molecular weight is 171 g/mol. The molecule has 0 aromatic carbocycles. The molecule has 0 aliphatic heterocycles. The number of methoxy groups -OCH3 is 2. The van der Waals surface area contributed by atoms with Crippen molar-refractivity contribution >= 4 is 63.3 Å². The summed E-state index contributed by atoms with van der Waals surface area (Å²) in [4.78, 5) is 20.5. The van der Waals surface area contributed by atoms with Crippen LogP contribution in [0.15, 0.2) is 0 Å². The molecule has 53 valence electrons. The van der Waals surface area contributed by atoms with Crippen molar-refractivity contribution in [2.45, 2.75) is 6.42 Å². The first-order chi connectivity index (χ1) is 4.20. The van der Waals surface area contributed by atoms with E-state index in [1.54, 1.807) is 0 Å². The number of hydrogen-bond acceptors (Lipinski definition) is 4. The number of rotatable bonds is 2. The van der Waals surface area contributed by atoms with Crippen LogP contribution in [0.25, 0.3) is 0 Å². The second-order valence-corrected chi connectivity index (χ2v) is 1.33. The molecule has 0 saturated carbocycles. The van der Waals surface area contributed by atoms with E-state index in [9.17, 15) is 9.59 Å². The van der Waals surface area contributed by atoms with E-state index in [4.69, 9.17) is 0 Å². The molecule has 0 amide bonds. The van der Waals surface area contributed by atoms with Crippen molar-refractivity contribution in [2.75, 3.05) is 14.2 Å². The van der Waals surface area contributed by atoms with Crippen molar-refractivity contribution in [1.82, 2.24) is 0 Å². The van der Waals surface area contributed by atoms with Crippen molar-refractivity contribution in [3.8, 4) is 0 Å². The number of hydrogen-bond donors (Lipinski definition) is 0. The third kappa shape index (κ3) is 6.69. The van der Waals surface area contributed by atoms with Crippen LogP contribution < -0.4 is 0 Å². The molecule has 0 rings (SSSR count). The van der Waals surface area contributed by atoms with E-state index < -0.39 is 11.9 Å². The molecule has 0 saturated heterocycles. The summed E-state index contributed by atoms with van der Waals surface area (Å²) in [5, 5.41) is 0. The zero-order valence-electron chi connectivity index (χ0n) is 6.34. The fraction of sp³-hybridized carbons (Fsp3) is 0.600. The molecule has 0 unspecified atom stereocenters. The monoisotopic (exact) mass is 171 g/mol. The number of carbonyl (C=O) groups excluding carboxylic acids is 2. The molecule has 0 N–H and O–H groups in total. The van der Waals surface area contributed by atoms with E-state index >= 15 is 0 Å². The summed E-state index contributed by atoms with van der Waals surface area (Å²) in [6.07, 6.45) is -0.312. The summed E-state index contributed by atoms with van der Waals surface area (Å²) in [7, 11) is 2.43. The normalized spacial score (nSPS) is 7.40. The molecule has 5 heteroatoms. The van der Waals surface area contributed by atoms with Gasteiger partial charge in [-0.2, -0.15) is 0 Å². The standard InChI is InChI=1S/C5H8O4.K/c1-8-4(6)3-5(7)9-2;/h3H2,1-2H3;. The Hall–Kier alpha value is 0.576. The van der Waals surface area contributed by atoms with Crippen molar-refractivity contribution < 1.29 is 19.1 Å². The van der Waals surface area contributed by atoms with E-state index in [2.05, 4.69) is 9.47 Å². The van der Waals surface area contributed by atoms with Gasteiger partial charge in [0.1, 0.15) is 6.42 Å². The summed E-state index contributed by atoms with van der Waals surface area (Å²) in [5.74, 6) is -1.16. The van der Waals surface area contributed by atoms with Crippen LogP contribution in [0.5, 0.6) is 0 Å². The molecular weight excluding hydrogens is 163 g/mol. The smallest absolute Gasteiger partial charge is 0.316 e. The fourth-order valence-electron chi connectivity index (χ4n) is 0.262. The summed E-state index contributed by atoms with van der Waals surface area (Å²) in [5.41, 5.74) is 0. The Labute approximate surface area is 102 Å². The summed E-state index contributed by atoms with van der Waals surface area (Å²) < 4.78 is 8.37. The Bertz CT molecular complexity index is 109. The van der Waals surface area contributed by atoms with Gasteiger partial charge in [-0.25, -0.2) is 0 Å². The maximum absolute atomic E-state index is 10.3. The van der Waals surface area contributed by atoms with Crippen molar-refractivity contribution in [1.29, 1.82) is 0 Å². The molecule has 0 fully saturated rings. The molecule has 10 heavy (non-hydrogen) atoms. The molecule has 0 aromatic rings. The van der Waals surface area contributed by atoms with Gasteiger partial charge in [-0.05, 0) is 0 Å².